The van der Waals surface area contributed by atoms with Gasteiger partial charge in [0.1, 0.15) is 0 Å². The van der Waals surface area contributed by atoms with Crippen LogP contribution in [0.15, 0.2) is 18.2 Å². The minimum atomic E-state index is -0.694. The smallest absolute Gasteiger partial charge is 0.310 e. The molecule has 0 aliphatic heterocycles. The molecule has 0 amide bonds. The highest BCUT2D eigenvalue weighted by Crippen LogP contribution is 2.42. The summed E-state index contributed by atoms with van der Waals surface area (Å²) < 4.78 is 0. The third kappa shape index (κ3) is 1.73. The van der Waals surface area contributed by atoms with Gasteiger partial charge in [-0.3, -0.25) is 4.79 Å². The molecule has 0 fully saturated rings. The fraction of sp³-hybridized carbons (Fsp3) is 0.500. The van der Waals surface area contributed by atoms with E-state index in [1.165, 1.54) is 11.1 Å². The van der Waals surface area contributed by atoms with Crippen molar-refractivity contribution >= 4 is 5.97 Å². The van der Waals surface area contributed by atoms with Crippen molar-refractivity contribution in [1.29, 1.82) is 0 Å². The lowest BCUT2D eigenvalue weighted by Gasteiger charge is -2.35. The maximum atomic E-state index is 11.2. The summed E-state index contributed by atoms with van der Waals surface area (Å²) in [5, 5.41) is 9.22. The summed E-state index contributed by atoms with van der Waals surface area (Å²) in [4.78, 5) is 11.2. The molecule has 0 heterocycles. The van der Waals surface area contributed by atoms with Crippen molar-refractivity contribution in [2.24, 2.45) is 0 Å². The van der Waals surface area contributed by atoms with Crippen LogP contribution in [0.25, 0.3) is 0 Å². The number of carbonyl (C=O) groups is 1. The maximum Gasteiger partial charge on any atom is 0.310 e. The molecule has 0 saturated carbocycles. The third-order valence-electron chi connectivity index (χ3n) is 3.67. The van der Waals surface area contributed by atoms with E-state index in [1.54, 1.807) is 0 Å². The number of hydrogen-bond donors (Lipinski definition) is 1. The second kappa shape index (κ2) is 3.62. The van der Waals surface area contributed by atoms with Gasteiger partial charge in [-0.15, -0.1) is 0 Å². The molecular weight excluding hydrogens is 200 g/mol. The largest absolute Gasteiger partial charge is 0.481 e. The van der Waals surface area contributed by atoms with Gasteiger partial charge < -0.3 is 5.11 Å². The SMILES string of the molecule is Cc1ccc2c(c1)C(C)(C)CCC2C(=O)O. The van der Waals surface area contributed by atoms with Gasteiger partial charge in [-0.05, 0) is 36.3 Å². The second-order valence-corrected chi connectivity index (χ2v) is 5.40. The average molecular weight is 218 g/mol. The molecule has 2 nitrogen and oxygen atoms in total. The van der Waals surface area contributed by atoms with E-state index >= 15 is 0 Å². The molecule has 2 heteroatoms. The van der Waals surface area contributed by atoms with E-state index in [1.807, 2.05) is 12.1 Å². The number of benzene rings is 1. The standard InChI is InChI=1S/C14H18O2/c1-9-4-5-10-11(13(15)16)6-7-14(2,3)12(10)8-9/h4-5,8,11H,6-7H2,1-3H3,(H,15,16). The van der Waals surface area contributed by atoms with Gasteiger partial charge in [0.15, 0.2) is 0 Å². The lowest BCUT2D eigenvalue weighted by Crippen LogP contribution is -2.29. The fourth-order valence-electron chi connectivity index (χ4n) is 2.61. The number of aryl methyl sites for hydroxylation is 1. The van der Waals surface area contributed by atoms with Crippen LogP contribution >= 0.6 is 0 Å². The van der Waals surface area contributed by atoms with Gasteiger partial charge >= 0.3 is 5.97 Å². The number of aliphatic carboxylic acids is 1. The molecule has 0 spiro atoms. The Balaban J connectivity index is 2.57. The number of carboxylic acid groups (broad SMARTS) is 1. The van der Waals surface area contributed by atoms with Gasteiger partial charge in [0.05, 0.1) is 5.92 Å². The van der Waals surface area contributed by atoms with E-state index in [0.29, 0.717) is 0 Å². The minimum absolute atomic E-state index is 0.104. The van der Waals surface area contributed by atoms with E-state index in [9.17, 15) is 9.90 Å². The summed E-state index contributed by atoms with van der Waals surface area (Å²) in [5.41, 5.74) is 3.53. The van der Waals surface area contributed by atoms with E-state index in [4.69, 9.17) is 0 Å². The minimum Gasteiger partial charge on any atom is -0.481 e. The van der Waals surface area contributed by atoms with Crippen LogP contribution in [-0.4, -0.2) is 11.1 Å². The Morgan fingerprint density at radius 3 is 2.75 bits per heavy atom. The van der Waals surface area contributed by atoms with Crippen molar-refractivity contribution in [3.63, 3.8) is 0 Å². The molecule has 1 N–H and O–H groups in total. The van der Waals surface area contributed by atoms with Crippen molar-refractivity contribution in [2.45, 2.75) is 44.9 Å². The molecule has 1 aromatic carbocycles. The first-order valence-electron chi connectivity index (χ1n) is 5.75. The van der Waals surface area contributed by atoms with Gasteiger partial charge in [0.2, 0.25) is 0 Å². The number of carboxylic acids is 1. The highest BCUT2D eigenvalue weighted by atomic mass is 16.4. The van der Waals surface area contributed by atoms with Crippen molar-refractivity contribution in [3.05, 3.63) is 34.9 Å². The van der Waals surface area contributed by atoms with Crippen molar-refractivity contribution in [1.82, 2.24) is 0 Å². The zero-order valence-corrected chi connectivity index (χ0v) is 10.1. The Morgan fingerprint density at radius 2 is 2.12 bits per heavy atom. The predicted octanol–water partition coefficient (Wildman–Crippen LogP) is 3.23. The lowest BCUT2D eigenvalue weighted by atomic mass is 9.68. The second-order valence-electron chi connectivity index (χ2n) is 5.40. The van der Waals surface area contributed by atoms with Gasteiger partial charge in [0.25, 0.3) is 0 Å². The summed E-state index contributed by atoms with van der Waals surface area (Å²) >= 11 is 0. The van der Waals surface area contributed by atoms with Crippen molar-refractivity contribution < 1.29 is 9.90 Å². The van der Waals surface area contributed by atoms with Crippen molar-refractivity contribution in [3.8, 4) is 0 Å². The van der Waals surface area contributed by atoms with Crippen LogP contribution in [0, 0.1) is 6.92 Å². The Bertz CT molecular complexity index is 432. The first-order chi connectivity index (χ1) is 7.42. The molecule has 1 aliphatic carbocycles. The Kier molecular flexibility index (Phi) is 2.53. The molecule has 16 heavy (non-hydrogen) atoms. The monoisotopic (exact) mass is 218 g/mol. The van der Waals surface area contributed by atoms with Crippen LogP contribution in [-0.2, 0) is 10.2 Å². The summed E-state index contributed by atoms with van der Waals surface area (Å²) in [7, 11) is 0. The number of hydrogen-bond acceptors (Lipinski definition) is 1. The predicted molar refractivity (Wildman–Crippen MR) is 63.8 cm³/mol. The summed E-state index contributed by atoms with van der Waals surface area (Å²) in [5.74, 6) is -1.01. The van der Waals surface area contributed by atoms with E-state index in [0.717, 1.165) is 18.4 Å². The zero-order valence-electron chi connectivity index (χ0n) is 10.1. The fourth-order valence-corrected chi connectivity index (χ4v) is 2.61. The molecule has 0 saturated heterocycles. The first-order valence-corrected chi connectivity index (χ1v) is 5.75. The molecule has 1 unspecified atom stereocenters. The third-order valence-corrected chi connectivity index (χ3v) is 3.67. The Hall–Kier alpha value is -1.31. The van der Waals surface area contributed by atoms with Crippen molar-refractivity contribution in [2.75, 3.05) is 0 Å². The Labute approximate surface area is 96.3 Å². The van der Waals surface area contributed by atoms with E-state index in [-0.39, 0.29) is 11.3 Å². The summed E-state index contributed by atoms with van der Waals surface area (Å²) in [6, 6.07) is 6.14. The normalized spacial score (nSPS) is 22.6. The number of fused-ring (bicyclic) bond motifs is 1. The van der Waals surface area contributed by atoms with E-state index < -0.39 is 5.97 Å². The summed E-state index contributed by atoms with van der Waals surface area (Å²) in [6.45, 7) is 6.45. The maximum absolute atomic E-state index is 11.2. The summed E-state index contributed by atoms with van der Waals surface area (Å²) in [6.07, 6.45) is 1.69. The topological polar surface area (TPSA) is 37.3 Å². The van der Waals surface area contributed by atoms with Gasteiger partial charge in [0, 0.05) is 0 Å². The van der Waals surface area contributed by atoms with Crippen LogP contribution in [0.2, 0.25) is 0 Å². The molecule has 1 aliphatic rings. The molecule has 1 aromatic rings. The lowest BCUT2D eigenvalue weighted by molar-refractivity contribution is -0.139. The molecule has 86 valence electrons. The average Bonchev–Trinajstić information content (AvgIpc) is 2.18. The van der Waals surface area contributed by atoms with Crippen LogP contribution in [0.4, 0.5) is 0 Å². The van der Waals surface area contributed by atoms with Crippen LogP contribution in [0.5, 0.6) is 0 Å². The molecule has 1 atom stereocenters. The molecule has 0 bridgehead atoms. The molecule has 2 rings (SSSR count). The Morgan fingerprint density at radius 1 is 1.44 bits per heavy atom. The van der Waals surface area contributed by atoms with E-state index in [2.05, 4.69) is 26.8 Å². The van der Waals surface area contributed by atoms with Crippen LogP contribution in [0.1, 0.15) is 49.3 Å². The van der Waals surface area contributed by atoms with Crippen LogP contribution in [0.3, 0.4) is 0 Å². The quantitative estimate of drug-likeness (QED) is 0.785. The zero-order chi connectivity index (χ0) is 11.9. The number of rotatable bonds is 1. The van der Waals surface area contributed by atoms with Gasteiger partial charge in [-0.1, -0.05) is 37.6 Å². The van der Waals surface area contributed by atoms with Crippen LogP contribution < -0.4 is 0 Å². The highest BCUT2D eigenvalue weighted by Gasteiger charge is 2.35. The van der Waals surface area contributed by atoms with Gasteiger partial charge in [-0.2, -0.15) is 0 Å². The van der Waals surface area contributed by atoms with Gasteiger partial charge in [-0.25, -0.2) is 0 Å². The molecule has 0 aromatic heterocycles. The molecule has 0 radical (unpaired) electrons. The molecular formula is C14H18O2. The first kappa shape index (κ1) is 11.2. The highest BCUT2D eigenvalue weighted by molar-refractivity contribution is 5.77.